The van der Waals surface area contributed by atoms with E-state index in [2.05, 4.69) is 36.4 Å². The molecule has 0 aliphatic heterocycles. The number of alkyl halides is 2. The van der Waals surface area contributed by atoms with Crippen LogP contribution in [0.4, 0.5) is 17.6 Å². The van der Waals surface area contributed by atoms with E-state index in [1.807, 2.05) is 0 Å². The van der Waals surface area contributed by atoms with Gasteiger partial charge in [0, 0.05) is 28.9 Å². The number of nitrogens with zero attached hydrogens (tertiary/aromatic N) is 5. The lowest BCUT2D eigenvalue weighted by Crippen LogP contribution is -2.50. The summed E-state index contributed by atoms with van der Waals surface area (Å²) in [5.41, 5.74) is -3.78. The van der Waals surface area contributed by atoms with E-state index >= 15 is 8.78 Å². The third-order valence-electron chi connectivity index (χ3n) is 4.09. The first-order valence-electron chi connectivity index (χ1n) is 8.10. The molecule has 2 aromatic heterocycles. The van der Waals surface area contributed by atoms with Crippen molar-refractivity contribution in [2.24, 2.45) is 0 Å². The Balaban J connectivity index is 2.25. The van der Waals surface area contributed by atoms with Gasteiger partial charge in [-0.1, -0.05) is 0 Å². The molecule has 28 heavy (non-hydrogen) atoms. The molecule has 0 fully saturated rings. The highest BCUT2D eigenvalue weighted by Gasteiger charge is 2.60. The average molecular weight is 460 g/mol. The topological polar surface area (TPSA) is 65.7 Å². The second-order valence-corrected chi connectivity index (χ2v) is 6.74. The summed E-state index contributed by atoms with van der Waals surface area (Å²) in [4.78, 5) is 3.77. The summed E-state index contributed by atoms with van der Waals surface area (Å²) >= 11 is 3.14. The van der Waals surface area contributed by atoms with E-state index in [9.17, 15) is 8.78 Å². The lowest BCUT2D eigenvalue weighted by molar-refractivity contribution is -0.233. The summed E-state index contributed by atoms with van der Waals surface area (Å²) in [7, 11) is 0. The first kappa shape index (κ1) is 20.3. The number of tetrazole rings is 1. The summed E-state index contributed by atoms with van der Waals surface area (Å²) in [5.74, 6) is -5.91. The molecule has 0 spiro atoms. The highest BCUT2D eigenvalue weighted by molar-refractivity contribution is 9.10. The Morgan fingerprint density at radius 3 is 2.54 bits per heavy atom. The summed E-state index contributed by atoms with van der Waals surface area (Å²) in [6.07, 6.45) is 2.29. The summed E-state index contributed by atoms with van der Waals surface area (Å²) in [6.45, 7) is 0.660. The first-order valence-corrected chi connectivity index (χ1v) is 8.89. The normalized spacial score (nSPS) is 14.1. The highest BCUT2D eigenvalue weighted by Crippen LogP contribution is 2.49. The van der Waals surface area contributed by atoms with Crippen LogP contribution in [-0.2, 0) is 22.8 Å². The Bertz CT molecular complexity index is 939. The quantitative estimate of drug-likeness (QED) is 0.502. The monoisotopic (exact) mass is 459 g/mol. The minimum Gasteiger partial charge on any atom is -0.362 e. The highest BCUT2D eigenvalue weighted by atomic mass is 79.9. The van der Waals surface area contributed by atoms with Gasteiger partial charge in [-0.2, -0.15) is 8.78 Å². The second-order valence-electron chi connectivity index (χ2n) is 5.83. The van der Waals surface area contributed by atoms with Crippen LogP contribution in [0.2, 0.25) is 0 Å². The van der Waals surface area contributed by atoms with Crippen LogP contribution in [0.15, 0.2) is 47.3 Å². The van der Waals surface area contributed by atoms with Crippen LogP contribution >= 0.6 is 15.9 Å². The van der Waals surface area contributed by atoms with Crippen LogP contribution < -0.4 is 0 Å². The van der Waals surface area contributed by atoms with Gasteiger partial charge in [-0.15, -0.1) is 5.10 Å². The standard InChI is InChI=1S/C17H14BrF4N5O/c1-2-28-16(9-27-10-24-25-26-27,13-5-4-12(19)7-14(13)20)17(21,22)15-6-3-11(18)8-23-15/h3-8,10H,2,9H2,1H3. The number of hydrogen-bond donors (Lipinski definition) is 0. The van der Waals surface area contributed by atoms with Crippen LogP contribution in [-0.4, -0.2) is 31.8 Å². The number of rotatable bonds is 7. The smallest absolute Gasteiger partial charge is 0.324 e. The van der Waals surface area contributed by atoms with Crippen molar-refractivity contribution in [3.05, 3.63) is 70.2 Å². The molecule has 11 heteroatoms. The Kier molecular flexibility index (Phi) is 5.75. The van der Waals surface area contributed by atoms with Gasteiger partial charge in [0.15, 0.2) is 5.60 Å². The van der Waals surface area contributed by atoms with E-state index in [0.29, 0.717) is 10.5 Å². The molecule has 1 atom stereocenters. The fourth-order valence-electron chi connectivity index (χ4n) is 2.88. The third-order valence-corrected chi connectivity index (χ3v) is 4.56. The molecule has 6 nitrogen and oxygen atoms in total. The van der Waals surface area contributed by atoms with Crippen LogP contribution in [0.3, 0.4) is 0 Å². The number of aromatic nitrogens is 5. The molecule has 3 rings (SSSR count). The summed E-state index contributed by atoms with van der Waals surface area (Å²) < 4.78 is 66.7. The van der Waals surface area contributed by atoms with E-state index in [0.717, 1.165) is 29.2 Å². The summed E-state index contributed by atoms with van der Waals surface area (Å²) in [6, 6.07) is 4.81. The molecule has 1 aromatic carbocycles. The van der Waals surface area contributed by atoms with Crippen LogP contribution in [0.1, 0.15) is 18.2 Å². The van der Waals surface area contributed by atoms with Gasteiger partial charge in [-0.05, 0) is 57.5 Å². The van der Waals surface area contributed by atoms with E-state index in [-0.39, 0.29) is 6.61 Å². The van der Waals surface area contributed by atoms with Gasteiger partial charge in [-0.3, -0.25) is 4.98 Å². The SMILES string of the molecule is CCOC(Cn1cnnn1)(c1ccc(F)cc1F)C(F)(F)c1ccc(Br)cn1. The second kappa shape index (κ2) is 7.92. The van der Waals surface area contributed by atoms with Crippen molar-refractivity contribution in [1.29, 1.82) is 0 Å². The maximum atomic E-state index is 15.8. The molecule has 0 saturated heterocycles. The number of hydrogen-bond acceptors (Lipinski definition) is 5. The van der Waals surface area contributed by atoms with Crippen molar-refractivity contribution in [2.75, 3.05) is 6.61 Å². The largest absolute Gasteiger partial charge is 0.362 e. The summed E-state index contributed by atoms with van der Waals surface area (Å²) in [5, 5.41) is 10.4. The molecule has 2 heterocycles. The maximum Gasteiger partial charge on any atom is 0.324 e. The Morgan fingerprint density at radius 1 is 1.18 bits per heavy atom. The minimum atomic E-state index is -3.83. The van der Waals surface area contributed by atoms with Crippen molar-refractivity contribution in [2.45, 2.75) is 25.0 Å². The van der Waals surface area contributed by atoms with Gasteiger partial charge in [0.25, 0.3) is 0 Å². The molecule has 0 aliphatic rings. The molecular formula is C17H14BrF4N5O. The van der Waals surface area contributed by atoms with E-state index in [1.54, 1.807) is 0 Å². The third kappa shape index (κ3) is 3.63. The van der Waals surface area contributed by atoms with Crippen LogP contribution in [0, 0.1) is 11.6 Å². The molecule has 0 radical (unpaired) electrons. The van der Waals surface area contributed by atoms with Crippen LogP contribution in [0.5, 0.6) is 0 Å². The zero-order valence-corrected chi connectivity index (χ0v) is 16.1. The Morgan fingerprint density at radius 2 is 1.96 bits per heavy atom. The molecule has 3 aromatic rings. The van der Waals surface area contributed by atoms with Gasteiger partial charge >= 0.3 is 5.92 Å². The molecule has 0 N–H and O–H groups in total. The zero-order valence-electron chi connectivity index (χ0n) is 14.5. The number of benzene rings is 1. The Labute approximate surface area is 165 Å². The van der Waals surface area contributed by atoms with Crippen molar-refractivity contribution in [3.63, 3.8) is 0 Å². The lowest BCUT2D eigenvalue weighted by atomic mass is 9.84. The molecule has 1 unspecified atom stereocenters. The van der Waals surface area contributed by atoms with Crippen molar-refractivity contribution in [1.82, 2.24) is 25.2 Å². The van der Waals surface area contributed by atoms with Gasteiger partial charge in [0.05, 0.1) is 6.54 Å². The predicted octanol–water partition coefficient (Wildman–Crippen LogP) is 3.83. The Hall–Kier alpha value is -2.40. The number of ether oxygens (including phenoxy) is 1. The number of halogens is 5. The first-order chi connectivity index (χ1) is 13.3. The van der Waals surface area contributed by atoms with Gasteiger partial charge in [0.1, 0.15) is 23.7 Å². The molecule has 148 valence electrons. The van der Waals surface area contributed by atoms with E-state index in [1.165, 1.54) is 19.2 Å². The van der Waals surface area contributed by atoms with E-state index < -0.39 is 41.0 Å². The molecule has 0 amide bonds. The van der Waals surface area contributed by atoms with Crippen molar-refractivity contribution < 1.29 is 22.3 Å². The molecule has 0 bridgehead atoms. The lowest BCUT2D eigenvalue weighted by Gasteiger charge is -2.40. The molecule has 0 saturated carbocycles. The van der Waals surface area contributed by atoms with Crippen molar-refractivity contribution in [3.8, 4) is 0 Å². The minimum absolute atomic E-state index is 0.189. The molecule has 0 aliphatic carbocycles. The van der Waals surface area contributed by atoms with Gasteiger partial charge < -0.3 is 4.74 Å². The molecular weight excluding hydrogens is 446 g/mol. The fourth-order valence-corrected chi connectivity index (χ4v) is 3.11. The maximum absolute atomic E-state index is 15.8. The zero-order chi connectivity index (χ0) is 20.4. The van der Waals surface area contributed by atoms with Crippen molar-refractivity contribution >= 4 is 15.9 Å². The van der Waals surface area contributed by atoms with E-state index in [4.69, 9.17) is 4.74 Å². The predicted molar refractivity (Wildman–Crippen MR) is 93.3 cm³/mol. The number of pyridine rings is 1. The van der Waals surface area contributed by atoms with Crippen LogP contribution in [0.25, 0.3) is 0 Å². The average Bonchev–Trinajstić information content (AvgIpc) is 3.14. The van der Waals surface area contributed by atoms with Gasteiger partial charge in [0.2, 0.25) is 0 Å². The fraction of sp³-hybridized carbons (Fsp3) is 0.294. The van der Waals surface area contributed by atoms with Gasteiger partial charge in [-0.25, -0.2) is 13.5 Å².